The second-order valence-corrected chi connectivity index (χ2v) is 6.58. The molecule has 0 saturated heterocycles. The Morgan fingerprint density at radius 3 is 2.52 bits per heavy atom. The largest absolute Gasteiger partial charge is 0.326 e. The molecular weight excluding hydrogens is 356 g/mol. The quantitative estimate of drug-likeness (QED) is 0.837. The number of amides is 2. The molecule has 0 bridgehead atoms. The SMILES string of the molecule is Cc1ccc(NC(=O)c2ccccc2Br)cc1NC(=O)C1CC1. The minimum atomic E-state index is -0.194. The third kappa shape index (κ3) is 3.79. The maximum atomic E-state index is 12.3. The van der Waals surface area contributed by atoms with Crippen molar-refractivity contribution >= 4 is 39.1 Å². The normalized spacial score (nSPS) is 13.5. The molecule has 2 N–H and O–H groups in total. The molecule has 3 rings (SSSR count). The fraction of sp³-hybridized carbons (Fsp3) is 0.222. The molecule has 0 atom stereocenters. The molecule has 5 heteroatoms. The van der Waals surface area contributed by atoms with Crippen LogP contribution in [0.1, 0.15) is 28.8 Å². The monoisotopic (exact) mass is 372 g/mol. The summed E-state index contributed by atoms with van der Waals surface area (Å²) in [6.07, 6.45) is 1.92. The van der Waals surface area contributed by atoms with Crippen molar-refractivity contribution in [1.82, 2.24) is 0 Å². The van der Waals surface area contributed by atoms with Gasteiger partial charge in [-0.2, -0.15) is 0 Å². The van der Waals surface area contributed by atoms with Gasteiger partial charge in [-0.05, 0) is 65.5 Å². The van der Waals surface area contributed by atoms with Crippen LogP contribution >= 0.6 is 15.9 Å². The molecule has 1 aliphatic rings. The van der Waals surface area contributed by atoms with Gasteiger partial charge in [0.1, 0.15) is 0 Å². The predicted molar refractivity (Wildman–Crippen MR) is 94.6 cm³/mol. The van der Waals surface area contributed by atoms with E-state index >= 15 is 0 Å². The molecule has 0 aliphatic heterocycles. The average Bonchev–Trinajstić information content (AvgIpc) is 3.35. The van der Waals surface area contributed by atoms with Crippen molar-refractivity contribution in [3.05, 3.63) is 58.1 Å². The van der Waals surface area contributed by atoms with Gasteiger partial charge in [0, 0.05) is 21.8 Å². The lowest BCUT2D eigenvalue weighted by molar-refractivity contribution is -0.117. The minimum Gasteiger partial charge on any atom is -0.326 e. The van der Waals surface area contributed by atoms with Crippen molar-refractivity contribution in [2.45, 2.75) is 19.8 Å². The molecule has 118 valence electrons. The van der Waals surface area contributed by atoms with Gasteiger partial charge in [-0.15, -0.1) is 0 Å². The summed E-state index contributed by atoms with van der Waals surface area (Å²) < 4.78 is 0.742. The van der Waals surface area contributed by atoms with Crippen LogP contribution in [-0.2, 0) is 4.79 Å². The van der Waals surface area contributed by atoms with Gasteiger partial charge in [-0.1, -0.05) is 18.2 Å². The zero-order chi connectivity index (χ0) is 16.4. The van der Waals surface area contributed by atoms with Crippen molar-refractivity contribution in [3.63, 3.8) is 0 Å². The van der Waals surface area contributed by atoms with Crippen LogP contribution in [-0.4, -0.2) is 11.8 Å². The molecule has 4 nitrogen and oxygen atoms in total. The highest BCUT2D eigenvalue weighted by molar-refractivity contribution is 9.10. The highest BCUT2D eigenvalue weighted by Gasteiger charge is 2.29. The van der Waals surface area contributed by atoms with E-state index in [0.717, 1.165) is 28.6 Å². The van der Waals surface area contributed by atoms with Crippen LogP contribution in [0.3, 0.4) is 0 Å². The Balaban J connectivity index is 1.76. The molecule has 0 unspecified atom stereocenters. The van der Waals surface area contributed by atoms with Crippen molar-refractivity contribution < 1.29 is 9.59 Å². The maximum Gasteiger partial charge on any atom is 0.256 e. The van der Waals surface area contributed by atoms with E-state index in [1.807, 2.05) is 37.3 Å². The van der Waals surface area contributed by atoms with E-state index in [2.05, 4.69) is 26.6 Å². The molecule has 2 aromatic carbocycles. The summed E-state index contributed by atoms with van der Waals surface area (Å²) in [4.78, 5) is 24.3. The molecule has 23 heavy (non-hydrogen) atoms. The summed E-state index contributed by atoms with van der Waals surface area (Å²) in [6, 6.07) is 12.8. The van der Waals surface area contributed by atoms with Gasteiger partial charge < -0.3 is 10.6 Å². The van der Waals surface area contributed by atoms with E-state index in [1.54, 1.807) is 12.1 Å². The first-order valence-electron chi connectivity index (χ1n) is 7.52. The number of nitrogens with one attached hydrogen (secondary N) is 2. The summed E-state index contributed by atoms with van der Waals surface area (Å²) in [7, 11) is 0. The van der Waals surface area contributed by atoms with Gasteiger partial charge in [0.15, 0.2) is 0 Å². The molecule has 2 aromatic rings. The van der Waals surface area contributed by atoms with E-state index in [9.17, 15) is 9.59 Å². The number of halogens is 1. The number of benzene rings is 2. The molecule has 0 heterocycles. The molecule has 1 saturated carbocycles. The Bertz CT molecular complexity index is 769. The van der Waals surface area contributed by atoms with E-state index in [1.165, 1.54) is 0 Å². The summed E-state index contributed by atoms with van der Waals surface area (Å²) in [5.41, 5.74) is 2.93. The zero-order valence-corrected chi connectivity index (χ0v) is 14.3. The Labute approximate surface area is 143 Å². The first-order chi connectivity index (χ1) is 11.0. The fourth-order valence-corrected chi connectivity index (χ4v) is 2.72. The van der Waals surface area contributed by atoms with Gasteiger partial charge in [0.05, 0.1) is 5.56 Å². The standard InChI is InChI=1S/C18H17BrN2O2/c1-11-6-9-13(10-16(11)21-17(22)12-7-8-12)20-18(23)14-4-2-3-5-15(14)19/h2-6,9-10,12H,7-8H2,1H3,(H,20,23)(H,21,22). The van der Waals surface area contributed by atoms with Crippen LogP contribution in [0.2, 0.25) is 0 Å². The van der Waals surface area contributed by atoms with Gasteiger partial charge in [-0.3, -0.25) is 9.59 Å². The lowest BCUT2D eigenvalue weighted by Gasteiger charge is -2.12. The third-order valence-electron chi connectivity index (χ3n) is 3.82. The van der Waals surface area contributed by atoms with Crippen molar-refractivity contribution in [1.29, 1.82) is 0 Å². The first-order valence-corrected chi connectivity index (χ1v) is 8.31. The average molecular weight is 373 g/mol. The molecule has 0 spiro atoms. The van der Waals surface area contributed by atoms with Crippen molar-refractivity contribution in [2.75, 3.05) is 10.6 Å². The van der Waals surface area contributed by atoms with Crippen LogP contribution in [0.4, 0.5) is 11.4 Å². The van der Waals surface area contributed by atoms with Crippen LogP contribution < -0.4 is 10.6 Å². The summed E-state index contributed by atoms with van der Waals surface area (Å²) in [6.45, 7) is 1.93. The highest BCUT2D eigenvalue weighted by Crippen LogP contribution is 2.31. The summed E-state index contributed by atoms with van der Waals surface area (Å²) >= 11 is 3.37. The Morgan fingerprint density at radius 1 is 1.09 bits per heavy atom. The summed E-state index contributed by atoms with van der Waals surface area (Å²) in [5.74, 6) is 0.0103. The topological polar surface area (TPSA) is 58.2 Å². The van der Waals surface area contributed by atoms with Crippen LogP contribution in [0, 0.1) is 12.8 Å². The summed E-state index contributed by atoms with van der Waals surface area (Å²) in [5, 5.41) is 5.80. The zero-order valence-electron chi connectivity index (χ0n) is 12.7. The van der Waals surface area contributed by atoms with Crippen LogP contribution in [0.5, 0.6) is 0 Å². The predicted octanol–water partition coefficient (Wildman–Crippen LogP) is 4.36. The van der Waals surface area contributed by atoms with E-state index in [0.29, 0.717) is 11.3 Å². The number of aryl methyl sites for hydroxylation is 1. The van der Waals surface area contributed by atoms with Gasteiger partial charge >= 0.3 is 0 Å². The molecule has 0 aromatic heterocycles. The number of rotatable bonds is 4. The third-order valence-corrected chi connectivity index (χ3v) is 4.51. The van der Waals surface area contributed by atoms with Gasteiger partial charge in [0.25, 0.3) is 5.91 Å². The van der Waals surface area contributed by atoms with E-state index in [-0.39, 0.29) is 17.7 Å². The van der Waals surface area contributed by atoms with Crippen LogP contribution in [0.15, 0.2) is 46.9 Å². The highest BCUT2D eigenvalue weighted by atomic mass is 79.9. The van der Waals surface area contributed by atoms with Crippen LogP contribution in [0.25, 0.3) is 0 Å². The van der Waals surface area contributed by atoms with Crippen molar-refractivity contribution in [3.8, 4) is 0 Å². The Morgan fingerprint density at radius 2 is 1.83 bits per heavy atom. The fourth-order valence-electron chi connectivity index (χ4n) is 2.26. The van der Waals surface area contributed by atoms with E-state index in [4.69, 9.17) is 0 Å². The minimum absolute atomic E-state index is 0.0578. The number of carbonyl (C=O) groups is 2. The number of hydrogen-bond acceptors (Lipinski definition) is 2. The first kappa shape index (κ1) is 15.7. The number of carbonyl (C=O) groups excluding carboxylic acids is 2. The molecule has 0 radical (unpaired) electrons. The second-order valence-electron chi connectivity index (χ2n) is 5.73. The van der Waals surface area contributed by atoms with Gasteiger partial charge in [0.2, 0.25) is 5.91 Å². The number of hydrogen-bond donors (Lipinski definition) is 2. The molecule has 2 amide bonds. The smallest absolute Gasteiger partial charge is 0.256 e. The lowest BCUT2D eigenvalue weighted by atomic mass is 10.1. The second kappa shape index (κ2) is 6.54. The maximum absolute atomic E-state index is 12.3. The van der Waals surface area contributed by atoms with Gasteiger partial charge in [-0.25, -0.2) is 0 Å². The van der Waals surface area contributed by atoms with E-state index < -0.39 is 0 Å². The lowest BCUT2D eigenvalue weighted by Crippen LogP contribution is -2.15. The number of anilines is 2. The molecule has 1 fully saturated rings. The van der Waals surface area contributed by atoms with Crippen molar-refractivity contribution in [2.24, 2.45) is 5.92 Å². The Hall–Kier alpha value is -2.14. The molecule has 1 aliphatic carbocycles. The Kier molecular flexibility index (Phi) is 4.48. The molecular formula is C18H17BrN2O2.